The molecule has 1 saturated heterocycles. The normalized spacial score (nSPS) is 15.7. The Morgan fingerprint density at radius 1 is 1.00 bits per heavy atom. The largest absolute Gasteiger partial charge is 0.494 e. The fourth-order valence-electron chi connectivity index (χ4n) is 4.07. The van der Waals surface area contributed by atoms with Crippen molar-refractivity contribution in [2.75, 3.05) is 26.3 Å². The maximum Gasteiger partial charge on any atom is 0.308 e. The Bertz CT molecular complexity index is 778. The number of unbranched alkanes of at least 4 members (excludes halogenated alkanes) is 7. The number of hydrogen-bond donors (Lipinski definition) is 1. The van der Waals surface area contributed by atoms with Gasteiger partial charge in [-0.1, -0.05) is 65.7 Å². The second-order valence-corrected chi connectivity index (χ2v) is 9.76. The molecule has 0 aliphatic carbocycles. The number of hydrogen-bond acceptors (Lipinski definition) is 5. The van der Waals surface area contributed by atoms with Crippen LogP contribution in [0.25, 0.3) is 0 Å². The summed E-state index contributed by atoms with van der Waals surface area (Å²) >= 11 is 0. The molecule has 1 atom stereocenters. The summed E-state index contributed by atoms with van der Waals surface area (Å²) in [6.45, 7) is 8.19. The van der Waals surface area contributed by atoms with E-state index in [1.165, 1.54) is 37.0 Å². The lowest BCUT2D eigenvalue weighted by Crippen LogP contribution is -2.57. The number of nitrogens with zero attached hydrogens (tertiary/aromatic N) is 1. The van der Waals surface area contributed by atoms with Gasteiger partial charge in [0.15, 0.2) is 0 Å². The molecule has 1 unspecified atom stereocenters. The first kappa shape index (κ1) is 28.7. The molecule has 2 rings (SSSR count). The van der Waals surface area contributed by atoms with Crippen molar-refractivity contribution in [2.24, 2.45) is 5.92 Å². The van der Waals surface area contributed by atoms with Gasteiger partial charge >= 0.3 is 5.97 Å². The molecule has 35 heavy (non-hydrogen) atoms. The van der Waals surface area contributed by atoms with E-state index in [1.807, 2.05) is 0 Å². The van der Waals surface area contributed by atoms with Crippen molar-refractivity contribution in [3.63, 3.8) is 0 Å². The number of piperazine rings is 1. The van der Waals surface area contributed by atoms with Crippen LogP contribution in [-0.2, 0) is 14.3 Å². The lowest BCUT2D eigenvalue weighted by molar-refractivity contribution is -0.147. The molecule has 1 fully saturated rings. The highest BCUT2D eigenvalue weighted by atomic mass is 16.5. The number of ether oxygens (including phenoxy) is 2. The van der Waals surface area contributed by atoms with Crippen molar-refractivity contribution in [3.05, 3.63) is 29.8 Å². The minimum absolute atomic E-state index is 0.134. The van der Waals surface area contributed by atoms with Crippen molar-refractivity contribution in [1.82, 2.24) is 10.2 Å². The molecule has 1 heterocycles. The molecule has 1 aliphatic rings. The van der Waals surface area contributed by atoms with Gasteiger partial charge < -0.3 is 19.7 Å². The third-order valence-electron chi connectivity index (χ3n) is 6.28. The number of nitrogens with one attached hydrogen (secondary N) is 1. The van der Waals surface area contributed by atoms with Gasteiger partial charge in [-0.3, -0.25) is 14.4 Å². The lowest BCUT2D eigenvalue weighted by Gasteiger charge is -2.34. The van der Waals surface area contributed by atoms with Crippen molar-refractivity contribution in [1.29, 1.82) is 0 Å². The van der Waals surface area contributed by atoms with E-state index in [0.29, 0.717) is 43.5 Å². The number of esters is 1. The number of amides is 2. The SMILES string of the molecule is CCCCCCCCCCOC(=O)CC1C(=O)NCCN1C(=O)c1ccc(OCCC(C)C)cc1. The molecule has 1 N–H and O–H groups in total. The van der Waals surface area contributed by atoms with Crippen molar-refractivity contribution >= 4 is 17.8 Å². The Labute approximate surface area is 210 Å². The molecular weight excluding hydrogens is 444 g/mol. The van der Waals surface area contributed by atoms with Crippen LogP contribution in [0.5, 0.6) is 5.75 Å². The summed E-state index contributed by atoms with van der Waals surface area (Å²) in [6.07, 6.45) is 10.2. The molecule has 0 aromatic heterocycles. The standard InChI is InChI=1S/C28H44N2O5/c1-4-5-6-7-8-9-10-11-19-35-26(31)21-25-27(32)29-17-18-30(25)28(33)23-12-14-24(15-13-23)34-20-16-22(2)3/h12-15,22,25H,4-11,16-21H2,1-3H3,(H,29,32). The third kappa shape index (κ3) is 10.7. The quantitative estimate of drug-likeness (QED) is 0.258. The van der Waals surface area contributed by atoms with Crippen molar-refractivity contribution in [2.45, 2.75) is 91.0 Å². The van der Waals surface area contributed by atoms with Crippen molar-refractivity contribution < 1.29 is 23.9 Å². The van der Waals surface area contributed by atoms with Gasteiger partial charge in [0.25, 0.3) is 5.91 Å². The van der Waals surface area contributed by atoms with E-state index in [0.717, 1.165) is 25.7 Å². The second kappa shape index (κ2) is 16.2. The van der Waals surface area contributed by atoms with E-state index in [2.05, 4.69) is 26.1 Å². The Balaban J connectivity index is 1.80. The molecule has 0 saturated carbocycles. The van der Waals surface area contributed by atoms with E-state index in [4.69, 9.17) is 9.47 Å². The first-order valence-electron chi connectivity index (χ1n) is 13.4. The highest BCUT2D eigenvalue weighted by molar-refractivity contribution is 5.99. The van der Waals surface area contributed by atoms with Gasteiger partial charge in [0.1, 0.15) is 11.8 Å². The summed E-state index contributed by atoms with van der Waals surface area (Å²) in [5.41, 5.74) is 0.466. The first-order chi connectivity index (χ1) is 16.9. The Kier molecular flexibility index (Phi) is 13.2. The highest BCUT2D eigenvalue weighted by Gasteiger charge is 2.35. The van der Waals surface area contributed by atoms with E-state index < -0.39 is 12.0 Å². The smallest absolute Gasteiger partial charge is 0.308 e. The predicted octanol–water partition coefficient (Wildman–Crippen LogP) is 5.13. The van der Waals surface area contributed by atoms with E-state index in [1.54, 1.807) is 24.3 Å². The van der Waals surface area contributed by atoms with Gasteiger partial charge in [0.05, 0.1) is 19.6 Å². The fourth-order valence-corrected chi connectivity index (χ4v) is 4.07. The first-order valence-corrected chi connectivity index (χ1v) is 13.4. The summed E-state index contributed by atoms with van der Waals surface area (Å²) in [7, 11) is 0. The Morgan fingerprint density at radius 3 is 2.31 bits per heavy atom. The van der Waals surface area contributed by atoms with Gasteiger partial charge in [-0.05, 0) is 43.0 Å². The molecule has 1 aliphatic heterocycles. The highest BCUT2D eigenvalue weighted by Crippen LogP contribution is 2.18. The second-order valence-electron chi connectivity index (χ2n) is 9.76. The molecule has 7 nitrogen and oxygen atoms in total. The molecule has 1 aromatic rings. The zero-order valence-electron chi connectivity index (χ0n) is 21.9. The maximum atomic E-state index is 13.1. The number of benzene rings is 1. The minimum Gasteiger partial charge on any atom is -0.494 e. The van der Waals surface area contributed by atoms with Crippen LogP contribution in [0.1, 0.15) is 95.3 Å². The van der Waals surface area contributed by atoms with Gasteiger partial charge in [-0.2, -0.15) is 0 Å². The predicted molar refractivity (Wildman–Crippen MR) is 137 cm³/mol. The lowest BCUT2D eigenvalue weighted by atomic mass is 10.1. The summed E-state index contributed by atoms with van der Waals surface area (Å²) in [4.78, 5) is 39.5. The molecule has 196 valence electrons. The number of carbonyl (C=O) groups is 3. The molecule has 0 radical (unpaired) electrons. The molecule has 1 aromatic carbocycles. The van der Waals surface area contributed by atoms with Gasteiger partial charge in [0.2, 0.25) is 5.91 Å². The fraction of sp³-hybridized carbons (Fsp3) is 0.679. The van der Waals surface area contributed by atoms with Gasteiger partial charge in [-0.25, -0.2) is 0 Å². The average Bonchev–Trinajstić information content (AvgIpc) is 2.84. The molecule has 0 bridgehead atoms. The number of rotatable bonds is 16. The Hall–Kier alpha value is -2.57. The van der Waals surface area contributed by atoms with Crippen LogP contribution in [-0.4, -0.2) is 55.0 Å². The maximum absolute atomic E-state index is 13.1. The Morgan fingerprint density at radius 2 is 1.66 bits per heavy atom. The third-order valence-corrected chi connectivity index (χ3v) is 6.28. The van der Waals surface area contributed by atoms with Crippen molar-refractivity contribution in [3.8, 4) is 5.75 Å². The van der Waals surface area contributed by atoms with E-state index in [9.17, 15) is 14.4 Å². The zero-order chi connectivity index (χ0) is 25.5. The topological polar surface area (TPSA) is 84.9 Å². The summed E-state index contributed by atoms with van der Waals surface area (Å²) in [5, 5.41) is 2.76. The average molecular weight is 489 g/mol. The molecule has 0 spiro atoms. The van der Waals surface area contributed by atoms with E-state index >= 15 is 0 Å². The molecule has 7 heteroatoms. The van der Waals surface area contributed by atoms with Crippen LogP contribution < -0.4 is 10.1 Å². The molecule has 2 amide bonds. The summed E-state index contributed by atoms with van der Waals surface area (Å²) < 4.78 is 11.1. The van der Waals surface area contributed by atoms with Crippen LogP contribution in [0.15, 0.2) is 24.3 Å². The zero-order valence-corrected chi connectivity index (χ0v) is 21.9. The van der Waals surface area contributed by atoms with Crippen LogP contribution >= 0.6 is 0 Å². The van der Waals surface area contributed by atoms with E-state index in [-0.39, 0.29) is 18.2 Å². The summed E-state index contributed by atoms with van der Waals surface area (Å²) in [5.74, 6) is 0.239. The summed E-state index contributed by atoms with van der Waals surface area (Å²) in [6, 6.07) is 6.09. The number of carbonyl (C=O) groups excluding carboxylic acids is 3. The van der Waals surface area contributed by atoms with Crippen LogP contribution in [0.2, 0.25) is 0 Å². The van der Waals surface area contributed by atoms with Crippen LogP contribution in [0.4, 0.5) is 0 Å². The van der Waals surface area contributed by atoms with Gasteiger partial charge in [-0.15, -0.1) is 0 Å². The monoisotopic (exact) mass is 488 g/mol. The van der Waals surface area contributed by atoms with Crippen LogP contribution in [0, 0.1) is 5.92 Å². The van der Waals surface area contributed by atoms with Gasteiger partial charge in [0, 0.05) is 18.7 Å². The van der Waals surface area contributed by atoms with Crippen LogP contribution in [0.3, 0.4) is 0 Å². The molecular formula is C28H44N2O5. The minimum atomic E-state index is -0.857.